The Morgan fingerprint density at radius 2 is 2.35 bits per heavy atom. The molecular weight excluding hydrogens is 261 g/mol. The standard InChI is InChI=1S/C14H16FN3O2/c1-9-16-14(17-20-9)8-18-7-12(19)6-13(18)10-3-2-4-11(15)5-10/h2-5,12-13,19H,6-8H2,1H3/t12-,13+/m0/s1. The van der Waals surface area contributed by atoms with Crippen molar-refractivity contribution in [2.75, 3.05) is 6.54 Å². The van der Waals surface area contributed by atoms with E-state index in [2.05, 4.69) is 10.1 Å². The fourth-order valence-corrected chi connectivity index (χ4v) is 2.70. The van der Waals surface area contributed by atoms with Crippen LogP contribution in [0.3, 0.4) is 0 Å². The molecule has 2 atom stereocenters. The molecule has 1 aliphatic heterocycles. The van der Waals surface area contributed by atoms with Crippen LogP contribution in [0.5, 0.6) is 0 Å². The van der Waals surface area contributed by atoms with Gasteiger partial charge in [-0.1, -0.05) is 17.3 Å². The van der Waals surface area contributed by atoms with E-state index >= 15 is 0 Å². The summed E-state index contributed by atoms with van der Waals surface area (Å²) in [5.41, 5.74) is 0.863. The fraction of sp³-hybridized carbons (Fsp3) is 0.429. The molecule has 0 radical (unpaired) electrons. The second-order valence-corrected chi connectivity index (χ2v) is 5.12. The second-order valence-electron chi connectivity index (χ2n) is 5.12. The molecule has 106 valence electrons. The van der Waals surface area contributed by atoms with Gasteiger partial charge in [-0.15, -0.1) is 0 Å². The van der Waals surface area contributed by atoms with Crippen LogP contribution >= 0.6 is 0 Å². The van der Waals surface area contributed by atoms with Crippen LogP contribution in [-0.2, 0) is 6.54 Å². The van der Waals surface area contributed by atoms with Gasteiger partial charge in [-0.2, -0.15) is 4.98 Å². The lowest BCUT2D eigenvalue weighted by molar-refractivity contribution is 0.170. The van der Waals surface area contributed by atoms with Crippen molar-refractivity contribution >= 4 is 0 Å². The van der Waals surface area contributed by atoms with Gasteiger partial charge in [0.1, 0.15) is 5.82 Å². The zero-order valence-corrected chi connectivity index (χ0v) is 11.2. The maximum atomic E-state index is 13.4. The van der Waals surface area contributed by atoms with E-state index in [0.717, 1.165) is 5.56 Å². The molecule has 20 heavy (non-hydrogen) atoms. The maximum Gasteiger partial charge on any atom is 0.223 e. The lowest BCUT2D eigenvalue weighted by atomic mass is 10.0. The van der Waals surface area contributed by atoms with E-state index in [1.807, 2.05) is 11.0 Å². The summed E-state index contributed by atoms with van der Waals surface area (Å²) in [6, 6.07) is 6.46. The van der Waals surface area contributed by atoms with Gasteiger partial charge in [0.2, 0.25) is 5.89 Å². The van der Waals surface area contributed by atoms with E-state index in [1.165, 1.54) is 12.1 Å². The molecule has 0 saturated carbocycles. The van der Waals surface area contributed by atoms with Crippen LogP contribution in [0.15, 0.2) is 28.8 Å². The average Bonchev–Trinajstić information content (AvgIpc) is 2.96. The molecule has 2 aromatic rings. The molecule has 0 amide bonds. The number of β-amino-alcohol motifs (C(OH)–C–C–N with tert-alkyl or cyclic N) is 1. The molecule has 0 unspecified atom stereocenters. The Bertz CT molecular complexity index is 602. The number of nitrogens with zero attached hydrogens (tertiary/aromatic N) is 3. The minimum atomic E-state index is -0.420. The lowest BCUT2D eigenvalue weighted by Crippen LogP contribution is -2.25. The predicted octanol–water partition coefficient (Wildman–Crippen LogP) is 1.83. The van der Waals surface area contributed by atoms with Gasteiger partial charge in [-0.3, -0.25) is 4.90 Å². The van der Waals surface area contributed by atoms with Gasteiger partial charge in [-0.05, 0) is 24.1 Å². The third kappa shape index (κ3) is 2.71. The first-order valence-corrected chi connectivity index (χ1v) is 6.58. The predicted molar refractivity (Wildman–Crippen MR) is 69.2 cm³/mol. The van der Waals surface area contributed by atoms with E-state index in [0.29, 0.717) is 31.2 Å². The van der Waals surface area contributed by atoms with Gasteiger partial charge in [0.25, 0.3) is 0 Å². The first kappa shape index (κ1) is 13.2. The summed E-state index contributed by atoms with van der Waals surface area (Å²) in [6.07, 6.45) is 0.163. The number of hydrogen-bond acceptors (Lipinski definition) is 5. The summed E-state index contributed by atoms with van der Waals surface area (Å²) < 4.78 is 18.3. The maximum absolute atomic E-state index is 13.4. The Kier molecular flexibility index (Phi) is 3.50. The molecule has 1 saturated heterocycles. The molecule has 1 aromatic carbocycles. The van der Waals surface area contributed by atoms with Gasteiger partial charge < -0.3 is 9.63 Å². The van der Waals surface area contributed by atoms with Gasteiger partial charge >= 0.3 is 0 Å². The molecule has 3 rings (SSSR count). The summed E-state index contributed by atoms with van der Waals surface area (Å²) in [6.45, 7) is 2.74. The third-order valence-corrected chi connectivity index (χ3v) is 3.53. The van der Waals surface area contributed by atoms with Crippen LogP contribution < -0.4 is 0 Å². The highest BCUT2D eigenvalue weighted by atomic mass is 19.1. The van der Waals surface area contributed by atoms with E-state index < -0.39 is 6.10 Å². The van der Waals surface area contributed by atoms with Crippen molar-refractivity contribution in [2.24, 2.45) is 0 Å². The zero-order chi connectivity index (χ0) is 14.1. The Morgan fingerprint density at radius 3 is 3.05 bits per heavy atom. The number of aromatic nitrogens is 2. The SMILES string of the molecule is Cc1nc(CN2C[C@@H](O)C[C@@H]2c2cccc(F)c2)no1. The largest absolute Gasteiger partial charge is 0.392 e. The number of aliphatic hydroxyl groups excluding tert-OH is 1. The monoisotopic (exact) mass is 277 g/mol. The Hall–Kier alpha value is -1.79. The van der Waals surface area contributed by atoms with Gasteiger partial charge in [-0.25, -0.2) is 4.39 Å². The second kappa shape index (κ2) is 5.30. The summed E-state index contributed by atoms with van der Waals surface area (Å²) in [5.74, 6) is 0.833. The van der Waals surface area contributed by atoms with E-state index in [1.54, 1.807) is 13.0 Å². The highest BCUT2D eigenvalue weighted by molar-refractivity contribution is 5.21. The molecule has 0 aliphatic carbocycles. The smallest absolute Gasteiger partial charge is 0.223 e. The van der Waals surface area contributed by atoms with E-state index in [-0.39, 0.29) is 11.9 Å². The van der Waals surface area contributed by atoms with Gasteiger partial charge in [0, 0.05) is 19.5 Å². The number of likely N-dealkylation sites (tertiary alicyclic amines) is 1. The molecule has 6 heteroatoms. The van der Waals surface area contributed by atoms with Gasteiger partial charge in [0.15, 0.2) is 5.82 Å². The van der Waals surface area contributed by atoms with E-state index in [9.17, 15) is 9.50 Å². The fourth-order valence-electron chi connectivity index (χ4n) is 2.70. The minimum Gasteiger partial charge on any atom is -0.392 e. The molecule has 1 N–H and O–H groups in total. The number of aryl methyl sites for hydroxylation is 1. The number of rotatable bonds is 3. The molecule has 0 bridgehead atoms. The molecule has 0 spiro atoms. The number of aliphatic hydroxyl groups is 1. The van der Waals surface area contributed by atoms with Crippen molar-refractivity contribution in [3.63, 3.8) is 0 Å². The van der Waals surface area contributed by atoms with E-state index in [4.69, 9.17) is 4.52 Å². The van der Waals surface area contributed by atoms with Crippen LogP contribution in [0.4, 0.5) is 4.39 Å². The van der Waals surface area contributed by atoms with Crippen molar-refractivity contribution in [2.45, 2.75) is 32.0 Å². The average molecular weight is 277 g/mol. The summed E-state index contributed by atoms with van der Waals surface area (Å²) in [4.78, 5) is 6.22. The zero-order valence-electron chi connectivity index (χ0n) is 11.2. The van der Waals surface area contributed by atoms with Crippen molar-refractivity contribution in [1.29, 1.82) is 0 Å². The van der Waals surface area contributed by atoms with Crippen molar-refractivity contribution in [1.82, 2.24) is 15.0 Å². The molecule has 5 nitrogen and oxygen atoms in total. The topological polar surface area (TPSA) is 62.4 Å². The van der Waals surface area contributed by atoms with Crippen LogP contribution in [0, 0.1) is 12.7 Å². The normalized spacial score (nSPS) is 23.4. The molecule has 1 fully saturated rings. The van der Waals surface area contributed by atoms with Crippen molar-refractivity contribution in [3.05, 3.63) is 47.4 Å². The summed E-state index contributed by atoms with van der Waals surface area (Å²) in [7, 11) is 0. The Morgan fingerprint density at radius 1 is 1.50 bits per heavy atom. The first-order chi connectivity index (χ1) is 9.61. The highest BCUT2D eigenvalue weighted by Crippen LogP contribution is 2.33. The quantitative estimate of drug-likeness (QED) is 0.927. The summed E-state index contributed by atoms with van der Waals surface area (Å²) in [5, 5.41) is 13.8. The first-order valence-electron chi connectivity index (χ1n) is 6.58. The van der Waals surface area contributed by atoms with Crippen LogP contribution in [-0.4, -0.2) is 32.8 Å². The van der Waals surface area contributed by atoms with Gasteiger partial charge in [0.05, 0.1) is 12.6 Å². The third-order valence-electron chi connectivity index (χ3n) is 3.53. The van der Waals surface area contributed by atoms with Crippen LogP contribution in [0.25, 0.3) is 0 Å². The number of halogens is 1. The van der Waals surface area contributed by atoms with Crippen LogP contribution in [0.1, 0.15) is 29.7 Å². The number of hydrogen-bond donors (Lipinski definition) is 1. The molecule has 2 heterocycles. The van der Waals surface area contributed by atoms with Crippen molar-refractivity contribution in [3.8, 4) is 0 Å². The minimum absolute atomic E-state index is 0.0282. The Labute approximate surface area is 116 Å². The van der Waals surface area contributed by atoms with Crippen LogP contribution in [0.2, 0.25) is 0 Å². The summed E-state index contributed by atoms with van der Waals surface area (Å²) >= 11 is 0. The molecule has 1 aromatic heterocycles. The number of benzene rings is 1. The Balaban J connectivity index is 1.81. The lowest BCUT2D eigenvalue weighted by Gasteiger charge is -2.22. The van der Waals surface area contributed by atoms with Crippen molar-refractivity contribution < 1.29 is 14.0 Å². The highest BCUT2D eigenvalue weighted by Gasteiger charge is 2.32. The molecule has 1 aliphatic rings. The molecular formula is C14H16FN3O2.